The highest BCUT2D eigenvalue weighted by molar-refractivity contribution is 5.98. The molecule has 2 aromatic rings. The van der Waals surface area contributed by atoms with E-state index in [1.54, 1.807) is 4.90 Å². The summed E-state index contributed by atoms with van der Waals surface area (Å²) in [5, 5.41) is 11.5. The molecule has 1 aliphatic rings. The SMILES string of the molecule is O=C(c1ccc2ccccc2c1)N(CCO)CCN1CCOCC1. The number of carbonyl (C=O) groups excluding carboxylic acids is 1. The monoisotopic (exact) mass is 328 g/mol. The molecule has 5 heteroatoms. The number of ether oxygens (including phenoxy) is 1. The molecule has 1 aliphatic heterocycles. The molecule has 1 saturated heterocycles. The van der Waals surface area contributed by atoms with E-state index in [1.165, 1.54) is 0 Å². The largest absolute Gasteiger partial charge is 0.395 e. The van der Waals surface area contributed by atoms with Crippen molar-refractivity contribution in [1.82, 2.24) is 9.80 Å². The minimum absolute atomic E-state index is 0.0249. The summed E-state index contributed by atoms with van der Waals surface area (Å²) in [4.78, 5) is 16.9. The van der Waals surface area contributed by atoms with Gasteiger partial charge in [-0.05, 0) is 22.9 Å². The van der Waals surface area contributed by atoms with E-state index in [2.05, 4.69) is 4.90 Å². The Morgan fingerprint density at radius 1 is 1.08 bits per heavy atom. The second-order valence-corrected chi connectivity index (χ2v) is 6.03. The average molecular weight is 328 g/mol. The van der Waals surface area contributed by atoms with E-state index in [9.17, 15) is 9.90 Å². The van der Waals surface area contributed by atoms with E-state index in [0.29, 0.717) is 18.7 Å². The maximum Gasteiger partial charge on any atom is 0.253 e. The average Bonchev–Trinajstić information content (AvgIpc) is 2.65. The topological polar surface area (TPSA) is 53.0 Å². The Bertz CT molecular complexity index is 683. The third-order valence-electron chi connectivity index (χ3n) is 4.44. The third kappa shape index (κ3) is 4.12. The lowest BCUT2D eigenvalue weighted by Crippen LogP contribution is -2.43. The highest BCUT2D eigenvalue weighted by Crippen LogP contribution is 2.17. The second-order valence-electron chi connectivity index (χ2n) is 6.03. The van der Waals surface area contributed by atoms with Gasteiger partial charge in [0.2, 0.25) is 0 Å². The van der Waals surface area contributed by atoms with Gasteiger partial charge in [-0.25, -0.2) is 0 Å². The Morgan fingerprint density at radius 2 is 1.83 bits per heavy atom. The van der Waals surface area contributed by atoms with Crippen LogP contribution in [0.15, 0.2) is 42.5 Å². The van der Waals surface area contributed by atoms with Crippen LogP contribution in [-0.4, -0.2) is 73.4 Å². The highest BCUT2D eigenvalue weighted by atomic mass is 16.5. The Morgan fingerprint density at radius 3 is 2.58 bits per heavy atom. The molecule has 1 heterocycles. The maximum absolute atomic E-state index is 12.8. The van der Waals surface area contributed by atoms with Gasteiger partial charge in [0.25, 0.3) is 5.91 Å². The van der Waals surface area contributed by atoms with Crippen molar-refractivity contribution in [1.29, 1.82) is 0 Å². The van der Waals surface area contributed by atoms with Crippen molar-refractivity contribution in [2.45, 2.75) is 0 Å². The Kier molecular flexibility index (Phi) is 5.80. The first-order valence-electron chi connectivity index (χ1n) is 8.47. The van der Waals surface area contributed by atoms with E-state index in [-0.39, 0.29) is 12.5 Å². The number of rotatable bonds is 6. The van der Waals surface area contributed by atoms with Gasteiger partial charge in [0.05, 0.1) is 19.8 Å². The number of hydrogen-bond donors (Lipinski definition) is 1. The summed E-state index contributed by atoms with van der Waals surface area (Å²) in [5.74, 6) is -0.0249. The number of benzene rings is 2. The smallest absolute Gasteiger partial charge is 0.253 e. The van der Waals surface area contributed by atoms with Crippen molar-refractivity contribution in [3.05, 3.63) is 48.0 Å². The summed E-state index contributed by atoms with van der Waals surface area (Å²) in [5.41, 5.74) is 0.670. The first kappa shape index (κ1) is 16.9. The van der Waals surface area contributed by atoms with Crippen LogP contribution in [0.5, 0.6) is 0 Å². The van der Waals surface area contributed by atoms with Gasteiger partial charge >= 0.3 is 0 Å². The molecule has 0 saturated carbocycles. The molecular weight excluding hydrogens is 304 g/mol. The second kappa shape index (κ2) is 8.24. The number of nitrogens with zero attached hydrogens (tertiary/aromatic N) is 2. The van der Waals surface area contributed by atoms with Crippen molar-refractivity contribution in [3.63, 3.8) is 0 Å². The zero-order valence-corrected chi connectivity index (χ0v) is 13.9. The van der Waals surface area contributed by atoms with E-state index >= 15 is 0 Å². The molecule has 0 aliphatic carbocycles. The molecule has 0 aromatic heterocycles. The molecule has 0 atom stereocenters. The molecule has 0 spiro atoms. The maximum atomic E-state index is 12.8. The molecule has 1 amide bonds. The van der Waals surface area contributed by atoms with E-state index in [0.717, 1.165) is 43.6 Å². The van der Waals surface area contributed by atoms with Crippen molar-refractivity contribution in [2.75, 3.05) is 52.5 Å². The van der Waals surface area contributed by atoms with Crippen molar-refractivity contribution in [2.24, 2.45) is 0 Å². The van der Waals surface area contributed by atoms with Gasteiger partial charge < -0.3 is 14.7 Å². The van der Waals surface area contributed by atoms with Gasteiger partial charge in [0, 0.05) is 38.3 Å². The highest BCUT2D eigenvalue weighted by Gasteiger charge is 2.18. The summed E-state index contributed by atoms with van der Waals surface area (Å²) in [6, 6.07) is 13.8. The molecule has 1 fully saturated rings. The minimum atomic E-state index is -0.0254. The van der Waals surface area contributed by atoms with Crippen molar-refractivity contribution >= 4 is 16.7 Å². The molecule has 1 N–H and O–H groups in total. The van der Waals surface area contributed by atoms with Crippen LogP contribution in [-0.2, 0) is 4.74 Å². The standard InChI is InChI=1S/C19H24N2O3/c22-12-9-21(8-7-20-10-13-24-14-11-20)19(23)18-6-5-16-3-1-2-4-17(16)15-18/h1-6,15,22H,7-14H2. The first-order valence-corrected chi connectivity index (χ1v) is 8.47. The number of aliphatic hydroxyl groups is 1. The van der Waals surface area contributed by atoms with Crippen molar-refractivity contribution in [3.8, 4) is 0 Å². The fourth-order valence-corrected chi connectivity index (χ4v) is 3.03. The fourth-order valence-electron chi connectivity index (χ4n) is 3.03. The number of aliphatic hydroxyl groups excluding tert-OH is 1. The van der Waals surface area contributed by atoms with Crippen LogP contribution in [0.4, 0.5) is 0 Å². The van der Waals surface area contributed by atoms with Crippen LogP contribution in [0.2, 0.25) is 0 Å². The lowest BCUT2D eigenvalue weighted by Gasteiger charge is -2.30. The lowest BCUT2D eigenvalue weighted by molar-refractivity contribution is 0.0315. The fraction of sp³-hybridized carbons (Fsp3) is 0.421. The zero-order chi connectivity index (χ0) is 16.8. The van der Waals surface area contributed by atoms with Gasteiger partial charge in [-0.15, -0.1) is 0 Å². The van der Waals surface area contributed by atoms with E-state index in [4.69, 9.17) is 4.74 Å². The molecule has 24 heavy (non-hydrogen) atoms. The molecule has 0 radical (unpaired) electrons. The number of fused-ring (bicyclic) bond motifs is 1. The predicted molar refractivity (Wildman–Crippen MR) is 94.2 cm³/mol. The van der Waals surface area contributed by atoms with Crippen LogP contribution in [0.25, 0.3) is 10.8 Å². The third-order valence-corrected chi connectivity index (χ3v) is 4.44. The lowest BCUT2D eigenvalue weighted by atomic mass is 10.1. The van der Waals surface area contributed by atoms with Crippen LogP contribution in [0, 0.1) is 0 Å². The summed E-state index contributed by atoms with van der Waals surface area (Å²) in [6.45, 7) is 5.05. The summed E-state index contributed by atoms with van der Waals surface area (Å²) >= 11 is 0. The Labute approximate surface area is 142 Å². The summed E-state index contributed by atoms with van der Waals surface area (Å²) < 4.78 is 5.35. The normalized spacial score (nSPS) is 15.5. The molecule has 5 nitrogen and oxygen atoms in total. The molecule has 2 aromatic carbocycles. The molecule has 0 unspecified atom stereocenters. The number of morpholine rings is 1. The number of carbonyl (C=O) groups is 1. The quantitative estimate of drug-likeness (QED) is 0.875. The summed E-state index contributed by atoms with van der Waals surface area (Å²) in [7, 11) is 0. The Balaban J connectivity index is 1.69. The summed E-state index contributed by atoms with van der Waals surface area (Å²) in [6.07, 6.45) is 0. The molecule has 3 rings (SSSR count). The van der Waals surface area contributed by atoms with E-state index in [1.807, 2.05) is 42.5 Å². The van der Waals surface area contributed by atoms with Crippen LogP contribution in [0.3, 0.4) is 0 Å². The molecule has 0 bridgehead atoms. The van der Waals surface area contributed by atoms with Crippen LogP contribution in [0.1, 0.15) is 10.4 Å². The van der Waals surface area contributed by atoms with Gasteiger partial charge in [0.1, 0.15) is 0 Å². The van der Waals surface area contributed by atoms with Gasteiger partial charge in [-0.3, -0.25) is 9.69 Å². The first-order chi connectivity index (χ1) is 11.8. The van der Waals surface area contributed by atoms with Crippen LogP contribution >= 0.6 is 0 Å². The zero-order valence-electron chi connectivity index (χ0n) is 13.9. The minimum Gasteiger partial charge on any atom is -0.395 e. The molecular formula is C19H24N2O3. The number of hydrogen-bond acceptors (Lipinski definition) is 4. The van der Waals surface area contributed by atoms with Gasteiger partial charge in [0.15, 0.2) is 0 Å². The predicted octanol–water partition coefficient (Wildman–Crippen LogP) is 1.61. The Hall–Kier alpha value is -1.95. The van der Waals surface area contributed by atoms with Crippen molar-refractivity contribution < 1.29 is 14.6 Å². The van der Waals surface area contributed by atoms with Gasteiger partial charge in [-0.2, -0.15) is 0 Å². The van der Waals surface area contributed by atoms with E-state index < -0.39 is 0 Å². The van der Waals surface area contributed by atoms with Crippen LogP contribution < -0.4 is 0 Å². The molecule has 128 valence electrons. The van der Waals surface area contributed by atoms with Gasteiger partial charge in [-0.1, -0.05) is 30.3 Å². The number of amides is 1.